The van der Waals surface area contributed by atoms with Crippen molar-refractivity contribution >= 4 is 11.7 Å². The normalized spacial score (nSPS) is 13.0. The minimum atomic E-state index is -0.0895. The van der Waals surface area contributed by atoms with Crippen LogP contribution in [0.4, 0.5) is 5.82 Å². The summed E-state index contributed by atoms with van der Waals surface area (Å²) in [5, 5.41) is 6.19. The predicted octanol–water partition coefficient (Wildman–Crippen LogP) is 2.87. The number of benzene rings is 1. The topological polar surface area (TPSA) is 72.5 Å². The van der Waals surface area contributed by atoms with Gasteiger partial charge in [-0.25, -0.2) is 4.98 Å². The number of nitrogens with zero attached hydrogens (tertiary/aromatic N) is 1. The van der Waals surface area contributed by atoms with E-state index >= 15 is 0 Å². The average Bonchev–Trinajstić information content (AvgIpc) is 2.90. The molecule has 0 saturated heterocycles. The zero-order valence-electron chi connectivity index (χ0n) is 14.2. The number of hydrogen-bond donors (Lipinski definition) is 2. The van der Waals surface area contributed by atoms with E-state index in [1.807, 2.05) is 18.2 Å². The molecule has 1 amide bonds. The maximum Gasteiger partial charge on any atom is 0.251 e. The molecule has 1 aromatic heterocycles. The van der Waals surface area contributed by atoms with Gasteiger partial charge in [0.2, 0.25) is 0 Å². The molecule has 2 heterocycles. The number of nitrogens with one attached hydrogen (secondary N) is 2. The second-order valence-electron chi connectivity index (χ2n) is 5.82. The van der Waals surface area contributed by atoms with Gasteiger partial charge in [-0.1, -0.05) is 6.07 Å². The Hall–Kier alpha value is -2.76. The van der Waals surface area contributed by atoms with Gasteiger partial charge in [0.05, 0.1) is 13.2 Å². The highest BCUT2D eigenvalue weighted by Crippen LogP contribution is 2.30. The van der Waals surface area contributed by atoms with Crippen LogP contribution in [0.5, 0.6) is 11.5 Å². The van der Waals surface area contributed by atoms with Crippen LogP contribution in [-0.2, 0) is 0 Å². The van der Waals surface area contributed by atoms with E-state index < -0.39 is 0 Å². The Bertz CT molecular complexity index is 692. The summed E-state index contributed by atoms with van der Waals surface area (Å²) in [5.41, 5.74) is 0.593. The van der Waals surface area contributed by atoms with Crippen LogP contribution in [-0.4, -0.2) is 37.2 Å². The van der Waals surface area contributed by atoms with Gasteiger partial charge in [0.1, 0.15) is 5.82 Å². The van der Waals surface area contributed by atoms with Crippen LogP contribution < -0.4 is 20.1 Å². The molecule has 25 heavy (non-hydrogen) atoms. The van der Waals surface area contributed by atoms with Crippen LogP contribution in [0.25, 0.3) is 0 Å². The molecule has 0 spiro atoms. The first kappa shape index (κ1) is 17.1. The molecule has 1 aliphatic heterocycles. The van der Waals surface area contributed by atoms with Gasteiger partial charge < -0.3 is 20.1 Å². The minimum absolute atomic E-state index is 0.0895. The third-order valence-corrected chi connectivity index (χ3v) is 3.87. The summed E-state index contributed by atoms with van der Waals surface area (Å²) in [5.74, 6) is 2.13. The molecule has 132 valence electrons. The van der Waals surface area contributed by atoms with Crippen molar-refractivity contribution in [1.82, 2.24) is 10.3 Å². The number of pyridine rings is 1. The molecule has 0 saturated carbocycles. The van der Waals surface area contributed by atoms with E-state index in [1.54, 1.807) is 24.4 Å². The molecule has 0 bridgehead atoms. The largest absolute Gasteiger partial charge is 0.490 e. The summed E-state index contributed by atoms with van der Waals surface area (Å²) in [7, 11) is 0. The Labute approximate surface area is 147 Å². The Kier molecular flexibility index (Phi) is 6.09. The van der Waals surface area contributed by atoms with E-state index in [2.05, 4.69) is 15.6 Å². The van der Waals surface area contributed by atoms with E-state index in [0.717, 1.165) is 31.6 Å². The number of unbranched alkanes of at least 4 members (excludes halogenated alkanes) is 1. The maximum atomic E-state index is 12.2. The molecule has 2 aromatic rings. The second kappa shape index (κ2) is 8.92. The Balaban J connectivity index is 1.38. The van der Waals surface area contributed by atoms with Crippen molar-refractivity contribution in [3.8, 4) is 11.5 Å². The lowest BCUT2D eigenvalue weighted by molar-refractivity contribution is 0.0952. The molecule has 1 aromatic carbocycles. The van der Waals surface area contributed by atoms with Gasteiger partial charge in [0, 0.05) is 31.3 Å². The number of carbonyl (C=O) groups excluding carboxylic acids is 1. The smallest absolute Gasteiger partial charge is 0.251 e. The van der Waals surface area contributed by atoms with E-state index in [0.29, 0.717) is 36.8 Å². The van der Waals surface area contributed by atoms with E-state index in [4.69, 9.17) is 9.47 Å². The predicted molar refractivity (Wildman–Crippen MR) is 96.3 cm³/mol. The lowest BCUT2D eigenvalue weighted by Crippen LogP contribution is -2.24. The number of hydrogen-bond acceptors (Lipinski definition) is 5. The van der Waals surface area contributed by atoms with Crippen LogP contribution in [0.15, 0.2) is 42.6 Å². The molecule has 0 unspecified atom stereocenters. The summed E-state index contributed by atoms with van der Waals surface area (Å²) in [6, 6.07) is 11.1. The van der Waals surface area contributed by atoms with Gasteiger partial charge in [-0.05, 0) is 43.2 Å². The number of carbonyl (C=O) groups is 1. The van der Waals surface area contributed by atoms with E-state index in [-0.39, 0.29) is 5.91 Å². The van der Waals surface area contributed by atoms with Crippen LogP contribution in [0, 0.1) is 0 Å². The molecule has 3 rings (SSSR count). The number of aromatic nitrogens is 1. The number of amides is 1. The lowest BCUT2D eigenvalue weighted by atomic mass is 10.2. The summed E-state index contributed by atoms with van der Waals surface area (Å²) in [4.78, 5) is 16.4. The molecule has 0 radical (unpaired) electrons. The molecule has 0 aliphatic carbocycles. The Morgan fingerprint density at radius 3 is 2.72 bits per heavy atom. The molecule has 6 nitrogen and oxygen atoms in total. The SMILES string of the molecule is O=C(NCCCCNc1ccccn1)c1ccc2c(c1)OCCCO2. The van der Waals surface area contributed by atoms with Crippen molar-refractivity contribution in [1.29, 1.82) is 0 Å². The Morgan fingerprint density at radius 2 is 1.88 bits per heavy atom. The van der Waals surface area contributed by atoms with Gasteiger partial charge in [0.25, 0.3) is 5.91 Å². The van der Waals surface area contributed by atoms with Gasteiger partial charge in [0.15, 0.2) is 11.5 Å². The maximum absolute atomic E-state index is 12.2. The molecule has 0 atom stereocenters. The third kappa shape index (κ3) is 5.11. The number of ether oxygens (including phenoxy) is 2. The van der Waals surface area contributed by atoms with Gasteiger partial charge in [-0.2, -0.15) is 0 Å². The second-order valence-corrected chi connectivity index (χ2v) is 5.82. The average molecular weight is 341 g/mol. The number of anilines is 1. The van der Waals surface area contributed by atoms with Gasteiger partial charge in [-0.3, -0.25) is 4.79 Å². The van der Waals surface area contributed by atoms with E-state index in [9.17, 15) is 4.79 Å². The van der Waals surface area contributed by atoms with Crippen molar-refractivity contribution in [2.75, 3.05) is 31.6 Å². The summed E-state index contributed by atoms with van der Waals surface area (Å²) in [6.45, 7) is 2.72. The van der Waals surface area contributed by atoms with Gasteiger partial charge in [-0.15, -0.1) is 0 Å². The van der Waals surface area contributed by atoms with E-state index in [1.165, 1.54) is 0 Å². The summed E-state index contributed by atoms with van der Waals surface area (Å²) >= 11 is 0. The quantitative estimate of drug-likeness (QED) is 0.758. The lowest BCUT2D eigenvalue weighted by Gasteiger charge is -2.10. The molecular weight excluding hydrogens is 318 g/mol. The van der Waals surface area contributed by atoms with Crippen molar-refractivity contribution in [2.24, 2.45) is 0 Å². The van der Waals surface area contributed by atoms with Crippen LogP contribution >= 0.6 is 0 Å². The molecule has 2 N–H and O–H groups in total. The zero-order valence-corrected chi connectivity index (χ0v) is 14.2. The molecule has 1 aliphatic rings. The summed E-state index contributed by atoms with van der Waals surface area (Å²) < 4.78 is 11.2. The Morgan fingerprint density at radius 1 is 1.04 bits per heavy atom. The highest BCUT2D eigenvalue weighted by atomic mass is 16.5. The minimum Gasteiger partial charge on any atom is -0.490 e. The molecule has 6 heteroatoms. The van der Waals surface area contributed by atoms with Crippen LogP contribution in [0.1, 0.15) is 29.6 Å². The van der Waals surface area contributed by atoms with Crippen molar-refractivity contribution in [3.63, 3.8) is 0 Å². The summed E-state index contributed by atoms with van der Waals surface area (Å²) in [6.07, 6.45) is 4.47. The first-order valence-corrected chi connectivity index (χ1v) is 8.66. The van der Waals surface area contributed by atoms with Gasteiger partial charge >= 0.3 is 0 Å². The highest BCUT2D eigenvalue weighted by molar-refractivity contribution is 5.94. The van der Waals surface area contributed by atoms with Crippen molar-refractivity contribution in [2.45, 2.75) is 19.3 Å². The zero-order chi connectivity index (χ0) is 17.3. The fraction of sp³-hybridized carbons (Fsp3) is 0.368. The van der Waals surface area contributed by atoms with Crippen molar-refractivity contribution in [3.05, 3.63) is 48.2 Å². The highest BCUT2D eigenvalue weighted by Gasteiger charge is 2.13. The first-order valence-electron chi connectivity index (χ1n) is 8.66. The third-order valence-electron chi connectivity index (χ3n) is 3.87. The molecular formula is C19H23N3O3. The fourth-order valence-corrected chi connectivity index (χ4v) is 2.54. The van der Waals surface area contributed by atoms with Crippen molar-refractivity contribution < 1.29 is 14.3 Å². The number of rotatable bonds is 7. The van der Waals surface area contributed by atoms with Crippen LogP contribution in [0.3, 0.4) is 0 Å². The monoisotopic (exact) mass is 341 g/mol. The van der Waals surface area contributed by atoms with Crippen LogP contribution in [0.2, 0.25) is 0 Å². The number of fused-ring (bicyclic) bond motifs is 1. The molecule has 0 fully saturated rings. The standard InChI is InChI=1S/C19H23N3O3/c23-19(15-7-8-16-17(14-15)25-13-5-12-24-16)22-11-4-3-10-21-18-6-1-2-9-20-18/h1-2,6-9,14H,3-5,10-13H2,(H,20,21)(H,22,23). The fourth-order valence-electron chi connectivity index (χ4n) is 2.54. The first-order chi connectivity index (χ1) is 12.3.